The molecule has 1 aliphatic rings. The van der Waals surface area contributed by atoms with Crippen LogP contribution in [0.5, 0.6) is 0 Å². The zero-order chi connectivity index (χ0) is 15.2. The largest absolute Gasteiger partial charge is 0.396 e. The van der Waals surface area contributed by atoms with Gasteiger partial charge < -0.3 is 5.11 Å². The van der Waals surface area contributed by atoms with Gasteiger partial charge in [0.1, 0.15) is 0 Å². The molecule has 1 fully saturated rings. The quantitative estimate of drug-likeness (QED) is 0.829. The van der Waals surface area contributed by atoms with Crippen LogP contribution in [0.3, 0.4) is 0 Å². The average molecular weight is 315 g/mol. The summed E-state index contributed by atoms with van der Waals surface area (Å²) in [6.45, 7) is 10.9. The van der Waals surface area contributed by atoms with Crippen molar-refractivity contribution in [1.82, 2.24) is 19.6 Å². The highest BCUT2D eigenvalue weighted by molar-refractivity contribution is 6.30. The summed E-state index contributed by atoms with van der Waals surface area (Å²) in [5.74, 6) is 0.670. The van der Waals surface area contributed by atoms with Crippen molar-refractivity contribution in [3.63, 3.8) is 0 Å². The SMILES string of the molecule is CC(C)CN1CCN(CCn2cc(Cl)cn2)CC1CCO. The minimum absolute atomic E-state index is 0.266. The lowest BCUT2D eigenvalue weighted by molar-refractivity contribution is 0.0493. The number of piperazine rings is 1. The van der Waals surface area contributed by atoms with Crippen LogP contribution >= 0.6 is 11.6 Å². The number of nitrogens with zero attached hydrogens (tertiary/aromatic N) is 4. The summed E-state index contributed by atoms with van der Waals surface area (Å²) < 4.78 is 1.89. The standard InChI is InChI=1S/C15H27ClN4O/c1-13(2)10-19-6-4-18(12-15(19)3-8-21)5-7-20-11-14(16)9-17-20/h9,11,13,15,21H,3-8,10,12H2,1-2H3. The van der Waals surface area contributed by atoms with Gasteiger partial charge in [-0.15, -0.1) is 0 Å². The van der Waals surface area contributed by atoms with Gasteiger partial charge in [0.15, 0.2) is 0 Å². The molecule has 1 aromatic heterocycles. The molecule has 0 spiro atoms. The molecule has 0 saturated carbocycles. The Morgan fingerprint density at radius 2 is 2.19 bits per heavy atom. The Balaban J connectivity index is 1.83. The van der Waals surface area contributed by atoms with Gasteiger partial charge in [-0.25, -0.2) is 0 Å². The molecule has 1 saturated heterocycles. The molecular formula is C15H27ClN4O. The molecule has 120 valence electrons. The first-order valence-electron chi connectivity index (χ1n) is 7.83. The van der Waals surface area contributed by atoms with Crippen LogP contribution in [0.4, 0.5) is 0 Å². The summed E-state index contributed by atoms with van der Waals surface area (Å²) in [5, 5.41) is 14.2. The van der Waals surface area contributed by atoms with Crippen molar-refractivity contribution in [2.75, 3.05) is 39.3 Å². The van der Waals surface area contributed by atoms with Gasteiger partial charge in [-0.05, 0) is 12.3 Å². The van der Waals surface area contributed by atoms with Crippen molar-refractivity contribution in [3.05, 3.63) is 17.4 Å². The summed E-state index contributed by atoms with van der Waals surface area (Å²) >= 11 is 5.88. The van der Waals surface area contributed by atoms with Crippen LogP contribution in [0.2, 0.25) is 5.02 Å². The number of aromatic nitrogens is 2. The van der Waals surface area contributed by atoms with E-state index in [-0.39, 0.29) is 6.61 Å². The van der Waals surface area contributed by atoms with Crippen molar-refractivity contribution < 1.29 is 5.11 Å². The maximum Gasteiger partial charge on any atom is 0.0785 e. The summed E-state index contributed by atoms with van der Waals surface area (Å²) in [7, 11) is 0. The predicted molar refractivity (Wildman–Crippen MR) is 85.6 cm³/mol. The van der Waals surface area contributed by atoms with Crippen LogP contribution in [0.25, 0.3) is 0 Å². The van der Waals surface area contributed by atoms with E-state index >= 15 is 0 Å². The zero-order valence-corrected chi connectivity index (χ0v) is 13.8. The molecule has 1 aromatic rings. The molecule has 2 heterocycles. The molecule has 0 bridgehead atoms. The zero-order valence-electron chi connectivity index (χ0n) is 13.1. The number of aliphatic hydroxyl groups is 1. The fourth-order valence-electron chi connectivity index (χ4n) is 3.00. The highest BCUT2D eigenvalue weighted by Gasteiger charge is 2.26. The molecule has 0 radical (unpaired) electrons. The van der Waals surface area contributed by atoms with Crippen molar-refractivity contribution in [1.29, 1.82) is 0 Å². The van der Waals surface area contributed by atoms with Crippen LogP contribution in [0, 0.1) is 5.92 Å². The van der Waals surface area contributed by atoms with E-state index in [0.29, 0.717) is 17.0 Å². The minimum Gasteiger partial charge on any atom is -0.396 e. The Hall–Kier alpha value is -0.620. The van der Waals surface area contributed by atoms with Crippen molar-refractivity contribution in [2.45, 2.75) is 32.9 Å². The molecule has 2 rings (SSSR count). The maximum atomic E-state index is 9.29. The van der Waals surface area contributed by atoms with Gasteiger partial charge in [-0.1, -0.05) is 25.4 Å². The van der Waals surface area contributed by atoms with Crippen LogP contribution in [0.15, 0.2) is 12.4 Å². The smallest absolute Gasteiger partial charge is 0.0785 e. The lowest BCUT2D eigenvalue weighted by atomic mass is 10.1. The molecule has 21 heavy (non-hydrogen) atoms. The third kappa shape index (κ3) is 5.25. The van der Waals surface area contributed by atoms with E-state index in [1.54, 1.807) is 6.20 Å². The van der Waals surface area contributed by atoms with Gasteiger partial charge in [-0.2, -0.15) is 5.10 Å². The van der Waals surface area contributed by atoms with Gasteiger partial charge >= 0.3 is 0 Å². The Kier molecular flexibility index (Phi) is 6.48. The maximum absolute atomic E-state index is 9.29. The van der Waals surface area contributed by atoms with Crippen LogP contribution < -0.4 is 0 Å². The molecule has 0 aliphatic carbocycles. The van der Waals surface area contributed by atoms with E-state index < -0.39 is 0 Å². The molecule has 1 atom stereocenters. The Labute approximate surface area is 132 Å². The second-order valence-electron chi connectivity index (χ2n) is 6.28. The van der Waals surface area contributed by atoms with E-state index in [0.717, 1.165) is 45.7 Å². The first kappa shape index (κ1) is 16.7. The molecule has 6 heteroatoms. The Morgan fingerprint density at radius 3 is 2.81 bits per heavy atom. The van der Waals surface area contributed by atoms with Crippen LogP contribution in [0.1, 0.15) is 20.3 Å². The second-order valence-corrected chi connectivity index (χ2v) is 6.71. The average Bonchev–Trinajstić information content (AvgIpc) is 2.84. The highest BCUT2D eigenvalue weighted by atomic mass is 35.5. The monoisotopic (exact) mass is 314 g/mol. The van der Waals surface area contributed by atoms with Crippen molar-refractivity contribution >= 4 is 11.6 Å². The Bertz CT molecular complexity index is 424. The fraction of sp³-hybridized carbons (Fsp3) is 0.800. The molecule has 0 aromatic carbocycles. The van der Waals surface area contributed by atoms with Gasteiger partial charge in [0, 0.05) is 51.6 Å². The lowest BCUT2D eigenvalue weighted by Crippen LogP contribution is -2.54. The lowest BCUT2D eigenvalue weighted by Gasteiger charge is -2.42. The minimum atomic E-state index is 0.266. The Morgan fingerprint density at radius 1 is 1.38 bits per heavy atom. The van der Waals surface area contributed by atoms with E-state index in [2.05, 4.69) is 28.7 Å². The number of halogens is 1. The summed E-state index contributed by atoms with van der Waals surface area (Å²) in [4.78, 5) is 4.99. The number of hydrogen-bond donors (Lipinski definition) is 1. The van der Waals surface area contributed by atoms with Crippen molar-refractivity contribution in [2.24, 2.45) is 5.92 Å². The topological polar surface area (TPSA) is 44.5 Å². The third-order valence-corrected chi connectivity index (χ3v) is 4.19. The number of aliphatic hydroxyl groups excluding tert-OH is 1. The first-order valence-corrected chi connectivity index (χ1v) is 8.21. The summed E-state index contributed by atoms with van der Waals surface area (Å²) in [5.41, 5.74) is 0. The van der Waals surface area contributed by atoms with E-state index in [9.17, 15) is 5.11 Å². The van der Waals surface area contributed by atoms with Gasteiger partial charge in [-0.3, -0.25) is 14.5 Å². The van der Waals surface area contributed by atoms with E-state index in [1.807, 2.05) is 10.9 Å². The summed E-state index contributed by atoms with van der Waals surface area (Å²) in [6.07, 6.45) is 4.40. The predicted octanol–water partition coefficient (Wildman–Crippen LogP) is 1.56. The van der Waals surface area contributed by atoms with Crippen LogP contribution in [-0.2, 0) is 6.54 Å². The molecule has 0 amide bonds. The molecular weight excluding hydrogens is 288 g/mol. The molecule has 1 unspecified atom stereocenters. The van der Waals surface area contributed by atoms with Crippen molar-refractivity contribution in [3.8, 4) is 0 Å². The second kappa shape index (κ2) is 8.13. The fourth-order valence-corrected chi connectivity index (χ4v) is 3.15. The molecule has 1 N–H and O–H groups in total. The van der Waals surface area contributed by atoms with E-state index in [4.69, 9.17) is 11.6 Å². The highest BCUT2D eigenvalue weighted by Crippen LogP contribution is 2.15. The number of hydrogen-bond acceptors (Lipinski definition) is 4. The van der Waals surface area contributed by atoms with Gasteiger partial charge in [0.2, 0.25) is 0 Å². The first-order chi connectivity index (χ1) is 10.1. The molecule has 1 aliphatic heterocycles. The normalized spacial score (nSPS) is 21.3. The van der Waals surface area contributed by atoms with Crippen LogP contribution in [-0.4, -0.2) is 70.1 Å². The number of rotatable bonds is 7. The third-order valence-electron chi connectivity index (χ3n) is 4.00. The summed E-state index contributed by atoms with van der Waals surface area (Å²) in [6, 6.07) is 0.465. The van der Waals surface area contributed by atoms with Gasteiger partial charge in [0.05, 0.1) is 17.8 Å². The van der Waals surface area contributed by atoms with E-state index in [1.165, 1.54) is 0 Å². The van der Waals surface area contributed by atoms with Gasteiger partial charge in [0.25, 0.3) is 0 Å². The molecule has 5 nitrogen and oxygen atoms in total.